The first-order chi connectivity index (χ1) is 14.1. The highest BCUT2D eigenvalue weighted by molar-refractivity contribution is 5.93. The predicted molar refractivity (Wildman–Crippen MR) is 111 cm³/mol. The lowest BCUT2D eigenvalue weighted by Crippen LogP contribution is -2.27. The molecule has 1 N–H and O–H groups in total. The largest absolute Gasteiger partial charge is 0.489 e. The van der Waals surface area contributed by atoms with E-state index in [0.29, 0.717) is 23.3 Å². The minimum Gasteiger partial charge on any atom is -0.489 e. The molecule has 5 nitrogen and oxygen atoms in total. The fraction of sp³-hybridized carbons (Fsp3) is 0.0833. The topological polar surface area (TPSA) is 68.5 Å². The summed E-state index contributed by atoms with van der Waals surface area (Å²) in [6, 6.07) is 26.0. The van der Waals surface area contributed by atoms with Gasteiger partial charge in [-0.25, -0.2) is 4.79 Å². The van der Waals surface area contributed by atoms with Crippen LogP contribution in [0, 0.1) is 0 Å². The van der Waals surface area contributed by atoms with Gasteiger partial charge in [-0.2, -0.15) is 0 Å². The average Bonchev–Trinajstić information content (AvgIpc) is 2.75. The lowest BCUT2D eigenvalue weighted by molar-refractivity contribution is 0.0694. The van der Waals surface area contributed by atoms with Crippen molar-refractivity contribution in [1.29, 1.82) is 0 Å². The standard InChI is InChI=1S/C24H19NO4/c26-23-21(24(27)28)13-19-11-12-20(29-16-18-9-5-2-6-10-18)14-22(19)25(23)15-17-7-3-1-4-8-17/h1-14H,15-16H2,(H,27,28). The van der Waals surface area contributed by atoms with Gasteiger partial charge < -0.3 is 14.4 Å². The van der Waals surface area contributed by atoms with Gasteiger partial charge in [0.15, 0.2) is 0 Å². The fourth-order valence-electron chi connectivity index (χ4n) is 3.26. The Morgan fingerprint density at radius 2 is 1.52 bits per heavy atom. The minimum absolute atomic E-state index is 0.244. The van der Waals surface area contributed by atoms with Gasteiger partial charge in [-0.1, -0.05) is 60.7 Å². The van der Waals surface area contributed by atoms with Gasteiger partial charge in [-0.3, -0.25) is 4.79 Å². The minimum atomic E-state index is -1.23. The van der Waals surface area contributed by atoms with E-state index in [1.807, 2.05) is 60.7 Å². The van der Waals surface area contributed by atoms with Gasteiger partial charge >= 0.3 is 5.97 Å². The third-order valence-corrected chi connectivity index (χ3v) is 4.73. The predicted octanol–water partition coefficient (Wildman–Crippen LogP) is 4.33. The number of fused-ring (bicyclic) bond motifs is 1. The van der Waals surface area contributed by atoms with Gasteiger partial charge in [-0.05, 0) is 34.7 Å². The number of carboxylic acid groups (broad SMARTS) is 1. The summed E-state index contributed by atoms with van der Waals surface area (Å²) in [7, 11) is 0. The molecule has 0 saturated heterocycles. The highest BCUT2D eigenvalue weighted by atomic mass is 16.5. The number of nitrogens with zero attached hydrogens (tertiary/aromatic N) is 1. The van der Waals surface area contributed by atoms with Crippen LogP contribution < -0.4 is 10.3 Å². The van der Waals surface area contributed by atoms with Crippen LogP contribution in [0.4, 0.5) is 0 Å². The number of benzene rings is 3. The number of ether oxygens (including phenoxy) is 1. The zero-order valence-corrected chi connectivity index (χ0v) is 15.6. The van der Waals surface area contributed by atoms with Crippen molar-refractivity contribution in [2.75, 3.05) is 0 Å². The first-order valence-electron chi connectivity index (χ1n) is 9.23. The van der Waals surface area contributed by atoms with Crippen molar-refractivity contribution < 1.29 is 14.6 Å². The molecule has 4 rings (SSSR count). The molecule has 0 fully saturated rings. The number of rotatable bonds is 6. The molecule has 0 unspecified atom stereocenters. The molecule has 0 aliphatic carbocycles. The number of hydrogen-bond acceptors (Lipinski definition) is 3. The van der Waals surface area contributed by atoms with E-state index in [9.17, 15) is 14.7 Å². The van der Waals surface area contributed by atoms with E-state index in [-0.39, 0.29) is 12.1 Å². The van der Waals surface area contributed by atoms with Crippen LogP contribution in [-0.2, 0) is 13.2 Å². The summed E-state index contributed by atoms with van der Waals surface area (Å²) in [5.74, 6) is -0.617. The normalized spacial score (nSPS) is 10.8. The van der Waals surface area contributed by atoms with Crippen LogP contribution in [0.2, 0.25) is 0 Å². The summed E-state index contributed by atoms with van der Waals surface area (Å²) >= 11 is 0. The quantitative estimate of drug-likeness (QED) is 0.536. The maximum Gasteiger partial charge on any atom is 0.341 e. The Labute approximate surface area is 167 Å². The van der Waals surface area contributed by atoms with E-state index in [1.165, 1.54) is 10.6 Å². The van der Waals surface area contributed by atoms with Gasteiger partial charge in [0, 0.05) is 6.07 Å². The number of aromatic carboxylic acids is 1. The van der Waals surface area contributed by atoms with Crippen molar-refractivity contribution in [2.24, 2.45) is 0 Å². The summed E-state index contributed by atoms with van der Waals surface area (Å²) in [5.41, 5.74) is 1.81. The molecule has 1 heterocycles. The summed E-state index contributed by atoms with van der Waals surface area (Å²) in [6.07, 6.45) is 0. The van der Waals surface area contributed by atoms with E-state index < -0.39 is 11.5 Å². The Morgan fingerprint density at radius 1 is 0.862 bits per heavy atom. The van der Waals surface area contributed by atoms with Gasteiger partial charge in [0.1, 0.15) is 17.9 Å². The molecule has 29 heavy (non-hydrogen) atoms. The van der Waals surface area contributed by atoms with Crippen LogP contribution in [-0.4, -0.2) is 15.6 Å². The van der Waals surface area contributed by atoms with Crippen LogP contribution in [0.3, 0.4) is 0 Å². The van der Waals surface area contributed by atoms with Crippen LogP contribution >= 0.6 is 0 Å². The van der Waals surface area contributed by atoms with Gasteiger partial charge in [0.05, 0.1) is 12.1 Å². The molecule has 1 aromatic heterocycles. The zero-order chi connectivity index (χ0) is 20.2. The second-order valence-electron chi connectivity index (χ2n) is 6.73. The van der Waals surface area contributed by atoms with Crippen molar-refractivity contribution in [3.63, 3.8) is 0 Å². The summed E-state index contributed by atoms with van der Waals surface area (Å²) < 4.78 is 7.38. The third kappa shape index (κ3) is 4.04. The molecule has 0 radical (unpaired) electrons. The fourth-order valence-corrected chi connectivity index (χ4v) is 3.26. The van der Waals surface area contributed by atoms with Crippen molar-refractivity contribution in [3.8, 4) is 5.75 Å². The van der Waals surface area contributed by atoms with Crippen molar-refractivity contribution in [1.82, 2.24) is 4.57 Å². The SMILES string of the molecule is O=C(O)c1cc2ccc(OCc3ccccc3)cc2n(Cc2ccccc2)c1=O. The van der Waals surface area contributed by atoms with Crippen molar-refractivity contribution in [3.05, 3.63) is 112 Å². The molecule has 0 aliphatic rings. The Balaban J connectivity index is 1.77. The molecule has 5 heteroatoms. The summed E-state index contributed by atoms with van der Waals surface area (Å²) in [6.45, 7) is 0.682. The number of pyridine rings is 1. The van der Waals surface area contributed by atoms with E-state index in [1.54, 1.807) is 18.2 Å². The van der Waals surface area contributed by atoms with E-state index in [4.69, 9.17) is 4.74 Å². The highest BCUT2D eigenvalue weighted by Gasteiger charge is 2.15. The average molecular weight is 385 g/mol. The first-order valence-corrected chi connectivity index (χ1v) is 9.23. The maximum atomic E-state index is 12.9. The molecule has 4 aromatic rings. The second kappa shape index (κ2) is 8.02. The molecule has 0 bridgehead atoms. The molecule has 0 spiro atoms. The van der Waals surface area contributed by atoms with Crippen molar-refractivity contribution in [2.45, 2.75) is 13.2 Å². The summed E-state index contributed by atoms with van der Waals surface area (Å²) in [4.78, 5) is 24.4. The number of carbonyl (C=O) groups is 1. The Morgan fingerprint density at radius 3 is 2.17 bits per heavy atom. The Kier molecular flexibility index (Phi) is 5.12. The Bertz CT molecular complexity index is 1210. The van der Waals surface area contributed by atoms with Gasteiger partial charge in [0.25, 0.3) is 5.56 Å². The maximum absolute atomic E-state index is 12.9. The lowest BCUT2D eigenvalue weighted by Gasteiger charge is -2.14. The third-order valence-electron chi connectivity index (χ3n) is 4.73. The monoisotopic (exact) mass is 385 g/mol. The molecular weight excluding hydrogens is 366 g/mol. The molecule has 0 aliphatic heterocycles. The van der Waals surface area contributed by atoms with Crippen LogP contribution in [0.25, 0.3) is 10.9 Å². The smallest absolute Gasteiger partial charge is 0.341 e. The van der Waals surface area contributed by atoms with Gasteiger partial charge in [0.2, 0.25) is 0 Å². The molecule has 0 amide bonds. The molecule has 144 valence electrons. The van der Waals surface area contributed by atoms with E-state index in [2.05, 4.69) is 0 Å². The highest BCUT2D eigenvalue weighted by Crippen LogP contribution is 2.22. The van der Waals surface area contributed by atoms with Gasteiger partial charge in [-0.15, -0.1) is 0 Å². The van der Waals surface area contributed by atoms with E-state index in [0.717, 1.165) is 11.1 Å². The van der Waals surface area contributed by atoms with Crippen LogP contribution in [0.1, 0.15) is 21.5 Å². The molecular formula is C24H19NO4. The zero-order valence-electron chi connectivity index (χ0n) is 15.6. The molecule has 0 saturated carbocycles. The van der Waals surface area contributed by atoms with Crippen LogP contribution in [0.15, 0.2) is 89.7 Å². The second-order valence-corrected chi connectivity index (χ2v) is 6.73. The molecule has 0 atom stereocenters. The molecule has 3 aromatic carbocycles. The Hall–Kier alpha value is -3.86. The lowest BCUT2D eigenvalue weighted by atomic mass is 10.1. The first kappa shape index (κ1) is 18.5. The number of carboxylic acids is 1. The van der Waals surface area contributed by atoms with E-state index >= 15 is 0 Å². The number of aromatic nitrogens is 1. The van der Waals surface area contributed by atoms with Crippen molar-refractivity contribution >= 4 is 16.9 Å². The number of hydrogen-bond donors (Lipinski definition) is 1. The van der Waals surface area contributed by atoms with Crippen LogP contribution in [0.5, 0.6) is 5.75 Å². The summed E-state index contributed by atoms with van der Waals surface area (Å²) in [5, 5.41) is 10.1.